The number of benzene rings is 1. The van der Waals surface area contributed by atoms with Gasteiger partial charge in [-0.15, -0.1) is 0 Å². The number of hydrogen-bond acceptors (Lipinski definition) is 3. The molecule has 84 valence electrons. The Kier molecular flexibility index (Phi) is 3.25. The Bertz CT molecular complexity index is 550. The van der Waals surface area contributed by atoms with Crippen LogP contribution in [0.3, 0.4) is 0 Å². The second-order valence-electron chi connectivity index (χ2n) is 3.37. The molecule has 0 aliphatic heterocycles. The van der Waals surface area contributed by atoms with Crippen molar-refractivity contribution in [1.82, 2.24) is 4.98 Å². The number of hydrogen-bond donors (Lipinski definition) is 1. The minimum absolute atomic E-state index is 0.188. The standard InChI is InChI=1S/C13H10N2O2/c16-13(17)11-5-1-2-6-12(11)15-9-10-4-3-7-14-8-10/h1-9H,(H,16,17)/b15-9+. The lowest BCUT2D eigenvalue weighted by molar-refractivity contribution is 0.0698. The number of carboxylic acids is 1. The Labute approximate surface area is 98.3 Å². The molecule has 0 bridgehead atoms. The largest absolute Gasteiger partial charge is 0.478 e. The smallest absolute Gasteiger partial charge is 0.337 e. The summed E-state index contributed by atoms with van der Waals surface area (Å²) in [5, 5.41) is 8.98. The zero-order valence-electron chi connectivity index (χ0n) is 8.95. The van der Waals surface area contributed by atoms with E-state index in [-0.39, 0.29) is 5.56 Å². The van der Waals surface area contributed by atoms with Crippen LogP contribution in [-0.2, 0) is 0 Å². The van der Waals surface area contributed by atoms with E-state index in [1.54, 1.807) is 42.9 Å². The second-order valence-corrected chi connectivity index (χ2v) is 3.37. The number of rotatable bonds is 3. The van der Waals surface area contributed by atoms with E-state index in [4.69, 9.17) is 5.11 Å². The molecule has 0 spiro atoms. The van der Waals surface area contributed by atoms with Crippen LogP contribution in [0.4, 0.5) is 5.69 Å². The van der Waals surface area contributed by atoms with Crippen LogP contribution in [0, 0.1) is 0 Å². The number of para-hydroxylation sites is 1. The topological polar surface area (TPSA) is 62.5 Å². The van der Waals surface area contributed by atoms with E-state index in [1.165, 1.54) is 6.07 Å². The summed E-state index contributed by atoms with van der Waals surface area (Å²) in [6.45, 7) is 0. The van der Waals surface area contributed by atoms with E-state index in [9.17, 15) is 4.79 Å². The molecule has 0 amide bonds. The molecule has 0 unspecified atom stereocenters. The van der Waals surface area contributed by atoms with Crippen molar-refractivity contribution in [2.24, 2.45) is 4.99 Å². The Balaban J connectivity index is 2.30. The van der Waals surface area contributed by atoms with Crippen molar-refractivity contribution in [3.8, 4) is 0 Å². The molecular weight excluding hydrogens is 216 g/mol. The predicted octanol–water partition coefficient (Wildman–Crippen LogP) is 2.53. The van der Waals surface area contributed by atoms with Crippen LogP contribution < -0.4 is 0 Å². The van der Waals surface area contributed by atoms with Crippen LogP contribution in [-0.4, -0.2) is 22.3 Å². The number of nitrogens with zero attached hydrogens (tertiary/aromatic N) is 2. The summed E-state index contributed by atoms with van der Waals surface area (Å²) < 4.78 is 0. The van der Waals surface area contributed by atoms with Crippen molar-refractivity contribution in [2.75, 3.05) is 0 Å². The van der Waals surface area contributed by atoms with Gasteiger partial charge in [0.1, 0.15) is 0 Å². The van der Waals surface area contributed by atoms with Gasteiger partial charge in [0.25, 0.3) is 0 Å². The highest BCUT2D eigenvalue weighted by Crippen LogP contribution is 2.18. The summed E-state index contributed by atoms with van der Waals surface area (Å²) in [6.07, 6.45) is 4.92. The molecule has 1 N–H and O–H groups in total. The van der Waals surface area contributed by atoms with Crippen molar-refractivity contribution >= 4 is 17.9 Å². The number of pyridine rings is 1. The first kappa shape index (κ1) is 11.0. The van der Waals surface area contributed by atoms with Gasteiger partial charge in [-0.05, 0) is 18.2 Å². The summed E-state index contributed by atoms with van der Waals surface area (Å²) in [4.78, 5) is 19.0. The summed E-state index contributed by atoms with van der Waals surface area (Å²) in [5.41, 5.74) is 1.45. The number of carboxylic acid groups (broad SMARTS) is 1. The number of aliphatic imine (C=N–C) groups is 1. The van der Waals surface area contributed by atoms with Crippen molar-refractivity contribution < 1.29 is 9.90 Å². The fourth-order valence-electron chi connectivity index (χ4n) is 1.36. The van der Waals surface area contributed by atoms with Crippen molar-refractivity contribution in [3.63, 3.8) is 0 Å². The highest BCUT2D eigenvalue weighted by Gasteiger charge is 2.06. The zero-order valence-corrected chi connectivity index (χ0v) is 8.95. The van der Waals surface area contributed by atoms with Crippen molar-refractivity contribution in [3.05, 3.63) is 59.9 Å². The molecule has 0 saturated carbocycles. The lowest BCUT2D eigenvalue weighted by Crippen LogP contribution is -1.96. The fourth-order valence-corrected chi connectivity index (χ4v) is 1.36. The van der Waals surface area contributed by atoms with Crippen LogP contribution in [0.15, 0.2) is 53.8 Å². The molecule has 0 aliphatic rings. The normalized spacial score (nSPS) is 10.6. The van der Waals surface area contributed by atoms with Crippen molar-refractivity contribution in [2.45, 2.75) is 0 Å². The van der Waals surface area contributed by atoms with Crippen molar-refractivity contribution in [1.29, 1.82) is 0 Å². The Morgan fingerprint density at radius 1 is 1.24 bits per heavy atom. The highest BCUT2D eigenvalue weighted by molar-refractivity contribution is 5.95. The molecule has 1 aromatic carbocycles. The first-order valence-corrected chi connectivity index (χ1v) is 5.04. The van der Waals surface area contributed by atoms with Crippen LogP contribution in [0.25, 0.3) is 0 Å². The van der Waals surface area contributed by atoms with Gasteiger partial charge in [-0.2, -0.15) is 0 Å². The maximum absolute atomic E-state index is 10.9. The molecule has 2 aromatic rings. The quantitative estimate of drug-likeness (QED) is 0.818. The molecule has 0 saturated heterocycles. The highest BCUT2D eigenvalue weighted by atomic mass is 16.4. The van der Waals surface area contributed by atoms with E-state index in [1.807, 2.05) is 6.07 Å². The molecule has 0 fully saturated rings. The van der Waals surface area contributed by atoms with E-state index < -0.39 is 5.97 Å². The summed E-state index contributed by atoms with van der Waals surface area (Å²) in [7, 11) is 0. The Hall–Kier alpha value is -2.49. The minimum Gasteiger partial charge on any atom is -0.478 e. The Morgan fingerprint density at radius 2 is 2.06 bits per heavy atom. The van der Waals surface area contributed by atoms with Gasteiger partial charge < -0.3 is 5.11 Å². The van der Waals surface area contributed by atoms with Gasteiger partial charge >= 0.3 is 5.97 Å². The predicted molar refractivity (Wildman–Crippen MR) is 64.9 cm³/mol. The van der Waals surface area contributed by atoms with Gasteiger partial charge in [-0.3, -0.25) is 9.98 Å². The van der Waals surface area contributed by atoms with E-state index in [0.29, 0.717) is 5.69 Å². The zero-order chi connectivity index (χ0) is 12.1. The average Bonchev–Trinajstić information content (AvgIpc) is 2.38. The van der Waals surface area contributed by atoms with Gasteiger partial charge in [0.2, 0.25) is 0 Å². The van der Waals surface area contributed by atoms with Gasteiger partial charge in [0, 0.05) is 24.2 Å². The molecule has 2 rings (SSSR count). The third kappa shape index (κ3) is 2.75. The second kappa shape index (κ2) is 5.03. The number of aromatic nitrogens is 1. The SMILES string of the molecule is O=C(O)c1ccccc1/N=C/c1cccnc1. The summed E-state index contributed by atoms with van der Waals surface area (Å²) in [6, 6.07) is 10.3. The molecule has 1 heterocycles. The van der Waals surface area contributed by atoms with Gasteiger partial charge in [-0.1, -0.05) is 18.2 Å². The summed E-state index contributed by atoms with van der Waals surface area (Å²) >= 11 is 0. The monoisotopic (exact) mass is 226 g/mol. The van der Waals surface area contributed by atoms with Crippen LogP contribution >= 0.6 is 0 Å². The van der Waals surface area contributed by atoms with Gasteiger partial charge in [0.05, 0.1) is 11.3 Å². The number of carbonyl (C=O) groups is 1. The van der Waals surface area contributed by atoms with Crippen LogP contribution in [0.2, 0.25) is 0 Å². The molecule has 17 heavy (non-hydrogen) atoms. The molecule has 0 atom stereocenters. The molecule has 0 aliphatic carbocycles. The molecule has 4 nitrogen and oxygen atoms in total. The fraction of sp³-hybridized carbons (Fsp3) is 0. The first-order chi connectivity index (χ1) is 8.27. The minimum atomic E-state index is -0.982. The first-order valence-electron chi connectivity index (χ1n) is 5.04. The lowest BCUT2D eigenvalue weighted by atomic mass is 10.2. The summed E-state index contributed by atoms with van der Waals surface area (Å²) in [5.74, 6) is -0.982. The average molecular weight is 226 g/mol. The Morgan fingerprint density at radius 3 is 2.76 bits per heavy atom. The van der Waals surface area contributed by atoms with Crippen LogP contribution in [0.1, 0.15) is 15.9 Å². The maximum atomic E-state index is 10.9. The van der Waals surface area contributed by atoms with Crippen LogP contribution in [0.5, 0.6) is 0 Å². The number of aromatic carboxylic acids is 1. The third-order valence-electron chi connectivity index (χ3n) is 2.17. The molecular formula is C13H10N2O2. The van der Waals surface area contributed by atoms with E-state index in [0.717, 1.165) is 5.56 Å². The maximum Gasteiger partial charge on any atom is 0.337 e. The molecule has 4 heteroatoms. The van der Waals surface area contributed by atoms with E-state index >= 15 is 0 Å². The lowest BCUT2D eigenvalue weighted by Gasteiger charge is -1.99. The van der Waals surface area contributed by atoms with Gasteiger partial charge in [0.15, 0.2) is 0 Å². The van der Waals surface area contributed by atoms with Gasteiger partial charge in [-0.25, -0.2) is 4.79 Å². The molecule has 0 radical (unpaired) electrons. The van der Waals surface area contributed by atoms with E-state index in [2.05, 4.69) is 9.98 Å². The third-order valence-corrected chi connectivity index (χ3v) is 2.17. The molecule has 1 aromatic heterocycles.